The number of ether oxygens (including phenoxy) is 2. The van der Waals surface area contributed by atoms with Gasteiger partial charge in [-0.25, -0.2) is 0 Å². The number of benzene rings is 1. The lowest BCUT2D eigenvalue weighted by molar-refractivity contribution is -0.148. The zero-order valence-electron chi connectivity index (χ0n) is 15.3. The molecule has 0 aliphatic carbocycles. The fourth-order valence-electron chi connectivity index (χ4n) is 2.82. The van der Waals surface area contributed by atoms with Gasteiger partial charge in [0, 0.05) is 13.6 Å². The highest BCUT2D eigenvalue weighted by Gasteiger charge is 2.36. The Morgan fingerprint density at radius 3 is 2.50 bits per heavy atom. The van der Waals surface area contributed by atoms with Crippen LogP contribution in [0.4, 0.5) is 0 Å². The molecule has 1 saturated heterocycles. The number of nitrogens with zero attached hydrogens (tertiary/aromatic N) is 1. The van der Waals surface area contributed by atoms with Crippen LogP contribution in [-0.4, -0.2) is 62.0 Å². The van der Waals surface area contributed by atoms with E-state index < -0.39 is 17.9 Å². The summed E-state index contributed by atoms with van der Waals surface area (Å²) in [6.07, 6.45) is 0.942. The number of amides is 3. The topological polar surface area (TPSA) is 97.0 Å². The normalized spacial score (nSPS) is 17.3. The van der Waals surface area contributed by atoms with E-state index in [2.05, 4.69) is 10.6 Å². The van der Waals surface area contributed by atoms with Gasteiger partial charge in [-0.05, 0) is 44.0 Å². The predicted molar refractivity (Wildman–Crippen MR) is 94.9 cm³/mol. The van der Waals surface area contributed by atoms with E-state index >= 15 is 0 Å². The number of hydrogen-bond acceptors (Lipinski definition) is 5. The number of nitrogens with one attached hydrogen (secondary N) is 2. The Hall–Kier alpha value is -2.77. The summed E-state index contributed by atoms with van der Waals surface area (Å²) in [5, 5.41) is 5.09. The van der Waals surface area contributed by atoms with Crippen LogP contribution in [0.2, 0.25) is 0 Å². The molecule has 2 N–H and O–H groups in total. The van der Waals surface area contributed by atoms with E-state index in [1.807, 2.05) is 0 Å². The summed E-state index contributed by atoms with van der Waals surface area (Å²) in [7, 11) is 3.10. The highest BCUT2D eigenvalue weighted by Crippen LogP contribution is 2.19. The van der Waals surface area contributed by atoms with E-state index in [0.29, 0.717) is 25.1 Å². The van der Waals surface area contributed by atoms with E-state index in [0.717, 1.165) is 5.75 Å². The number of rotatable bonds is 6. The molecule has 1 aromatic rings. The van der Waals surface area contributed by atoms with Gasteiger partial charge in [0.25, 0.3) is 0 Å². The molecule has 0 aromatic heterocycles. The Labute approximate surface area is 152 Å². The van der Waals surface area contributed by atoms with Gasteiger partial charge in [0.05, 0.1) is 13.7 Å². The lowest BCUT2D eigenvalue weighted by atomic mass is 10.2. The van der Waals surface area contributed by atoms with Crippen molar-refractivity contribution < 1.29 is 23.9 Å². The first-order chi connectivity index (χ1) is 12.5. The maximum absolute atomic E-state index is 12.3. The van der Waals surface area contributed by atoms with Crippen molar-refractivity contribution >= 4 is 17.7 Å². The molecule has 8 nitrogen and oxygen atoms in total. The van der Waals surface area contributed by atoms with Crippen LogP contribution in [0.1, 0.15) is 19.8 Å². The smallest absolute Gasteiger partial charge is 0.312 e. The van der Waals surface area contributed by atoms with Crippen molar-refractivity contribution in [3.8, 4) is 11.5 Å². The molecule has 8 heteroatoms. The van der Waals surface area contributed by atoms with Gasteiger partial charge in [0.1, 0.15) is 23.6 Å². The average Bonchev–Trinajstić information content (AvgIpc) is 3.15. The Bertz CT molecular complexity index is 647. The monoisotopic (exact) mass is 363 g/mol. The average molecular weight is 363 g/mol. The molecule has 3 amide bonds. The van der Waals surface area contributed by atoms with Crippen molar-refractivity contribution in [3.63, 3.8) is 0 Å². The van der Waals surface area contributed by atoms with Gasteiger partial charge < -0.3 is 25.0 Å². The molecule has 0 spiro atoms. The van der Waals surface area contributed by atoms with Crippen LogP contribution in [0.3, 0.4) is 0 Å². The van der Waals surface area contributed by atoms with Gasteiger partial charge in [0.15, 0.2) is 0 Å². The number of carbonyl (C=O) groups is 3. The second-order valence-corrected chi connectivity index (χ2v) is 6.08. The number of likely N-dealkylation sites (N-methyl/N-ethyl adjacent to an activating group) is 1. The summed E-state index contributed by atoms with van der Waals surface area (Å²) in [4.78, 5) is 37.5. The molecule has 0 saturated carbocycles. The third-order valence-electron chi connectivity index (χ3n) is 4.20. The summed E-state index contributed by atoms with van der Waals surface area (Å²) >= 11 is 0. The third-order valence-corrected chi connectivity index (χ3v) is 4.20. The molecule has 0 radical (unpaired) electrons. The second-order valence-electron chi connectivity index (χ2n) is 6.08. The van der Waals surface area contributed by atoms with Gasteiger partial charge in [-0.1, -0.05) is 0 Å². The summed E-state index contributed by atoms with van der Waals surface area (Å²) < 4.78 is 10.8. The lowest BCUT2D eigenvalue weighted by Crippen LogP contribution is -2.51. The molecule has 1 aromatic carbocycles. The van der Waals surface area contributed by atoms with E-state index in [4.69, 9.17) is 9.47 Å². The van der Waals surface area contributed by atoms with Gasteiger partial charge >= 0.3 is 11.8 Å². The van der Waals surface area contributed by atoms with Gasteiger partial charge in [-0.3, -0.25) is 14.4 Å². The Kier molecular flexibility index (Phi) is 6.82. The van der Waals surface area contributed by atoms with Gasteiger partial charge in [-0.2, -0.15) is 0 Å². The SMILES string of the molecule is CNC(=O)C1CCCN1C(=O)C(=O)NCC(C)Oc1ccc(OC)cc1. The summed E-state index contributed by atoms with van der Waals surface area (Å²) in [5.41, 5.74) is 0. The standard InChI is InChI=1S/C18H25N3O5/c1-12(26-14-8-6-13(25-3)7-9-14)11-20-17(23)18(24)21-10-4-5-15(21)16(22)19-2/h6-9,12,15H,4-5,10-11H2,1-3H3,(H,19,22)(H,20,23). The van der Waals surface area contributed by atoms with E-state index in [1.165, 1.54) is 11.9 Å². The van der Waals surface area contributed by atoms with E-state index in [1.54, 1.807) is 38.3 Å². The molecule has 142 valence electrons. The Morgan fingerprint density at radius 1 is 1.23 bits per heavy atom. The maximum Gasteiger partial charge on any atom is 0.312 e. The van der Waals surface area contributed by atoms with Crippen molar-refractivity contribution in [1.82, 2.24) is 15.5 Å². The minimum Gasteiger partial charge on any atom is -0.497 e. The highest BCUT2D eigenvalue weighted by atomic mass is 16.5. The minimum absolute atomic E-state index is 0.176. The fourth-order valence-corrected chi connectivity index (χ4v) is 2.82. The number of hydrogen-bond donors (Lipinski definition) is 2. The molecule has 2 unspecified atom stereocenters. The Balaban J connectivity index is 1.82. The fraction of sp³-hybridized carbons (Fsp3) is 0.500. The number of carbonyl (C=O) groups excluding carboxylic acids is 3. The van der Waals surface area contributed by atoms with Gasteiger partial charge in [0.2, 0.25) is 5.91 Å². The molecule has 2 atom stereocenters. The zero-order chi connectivity index (χ0) is 19.1. The first-order valence-corrected chi connectivity index (χ1v) is 8.57. The molecular formula is C18H25N3O5. The van der Waals surface area contributed by atoms with Crippen LogP contribution in [-0.2, 0) is 14.4 Å². The van der Waals surface area contributed by atoms with E-state index in [9.17, 15) is 14.4 Å². The molecule has 26 heavy (non-hydrogen) atoms. The second kappa shape index (κ2) is 9.07. The van der Waals surface area contributed by atoms with Crippen LogP contribution in [0.5, 0.6) is 11.5 Å². The molecule has 1 aliphatic rings. The molecule has 1 heterocycles. The van der Waals surface area contributed by atoms with Crippen LogP contribution in [0, 0.1) is 0 Å². The molecule has 0 bridgehead atoms. The van der Waals surface area contributed by atoms with Crippen LogP contribution in [0.15, 0.2) is 24.3 Å². The lowest BCUT2D eigenvalue weighted by Gasteiger charge is -2.23. The third kappa shape index (κ3) is 4.87. The first-order valence-electron chi connectivity index (χ1n) is 8.57. The minimum atomic E-state index is -0.731. The van der Waals surface area contributed by atoms with Crippen molar-refractivity contribution in [2.45, 2.75) is 31.9 Å². The van der Waals surface area contributed by atoms with Crippen molar-refractivity contribution in [2.75, 3.05) is 27.2 Å². The predicted octanol–water partition coefficient (Wildman–Crippen LogP) is 0.316. The number of methoxy groups -OCH3 is 1. The summed E-state index contributed by atoms with van der Waals surface area (Å²) in [6.45, 7) is 2.37. The quantitative estimate of drug-likeness (QED) is 0.710. The Morgan fingerprint density at radius 2 is 1.88 bits per heavy atom. The first kappa shape index (κ1) is 19.6. The van der Waals surface area contributed by atoms with Crippen molar-refractivity contribution in [3.05, 3.63) is 24.3 Å². The van der Waals surface area contributed by atoms with Crippen molar-refractivity contribution in [2.24, 2.45) is 0 Å². The molecule has 1 aliphatic heterocycles. The van der Waals surface area contributed by atoms with Gasteiger partial charge in [-0.15, -0.1) is 0 Å². The van der Waals surface area contributed by atoms with Crippen LogP contribution < -0.4 is 20.1 Å². The highest BCUT2D eigenvalue weighted by molar-refractivity contribution is 6.35. The van der Waals surface area contributed by atoms with Crippen molar-refractivity contribution in [1.29, 1.82) is 0 Å². The number of likely N-dealkylation sites (tertiary alicyclic amines) is 1. The van der Waals surface area contributed by atoms with Crippen LogP contribution in [0.25, 0.3) is 0 Å². The molecular weight excluding hydrogens is 338 g/mol. The zero-order valence-corrected chi connectivity index (χ0v) is 15.3. The maximum atomic E-state index is 12.3. The van der Waals surface area contributed by atoms with E-state index in [-0.39, 0.29) is 18.6 Å². The van der Waals surface area contributed by atoms with Crippen LogP contribution >= 0.6 is 0 Å². The molecule has 2 rings (SSSR count). The summed E-state index contributed by atoms with van der Waals surface area (Å²) in [6, 6.07) is 6.50. The summed E-state index contributed by atoms with van der Waals surface area (Å²) in [5.74, 6) is -0.308. The largest absolute Gasteiger partial charge is 0.497 e. The molecule has 1 fully saturated rings.